The topological polar surface area (TPSA) is 41.6 Å². The quantitative estimate of drug-likeness (QED) is 0.855. The van der Waals surface area contributed by atoms with Crippen molar-refractivity contribution in [1.29, 1.82) is 5.26 Å². The van der Waals surface area contributed by atoms with E-state index in [2.05, 4.69) is 35.4 Å². The fourth-order valence-corrected chi connectivity index (χ4v) is 3.31. The van der Waals surface area contributed by atoms with Crippen LogP contribution in [0.25, 0.3) is 0 Å². The van der Waals surface area contributed by atoms with E-state index in [1.165, 1.54) is 16.7 Å². The van der Waals surface area contributed by atoms with Crippen molar-refractivity contribution in [1.82, 2.24) is 9.78 Å². The van der Waals surface area contributed by atoms with Crippen molar-refractivity contribution in [2.24, 2.45) is 7.05 Å². The summed E-state index contributed by atoms with van der Waals surface area (Å²) in [5.74, 6) is 0. The molecule has 0 bridgehead atoms. The molecule has 1 heterocycles. The summed E-state index contributed by atoms with van der Waals surface area (Å²) in [5.41, 5.74) is 3.50. The lowest BCUT2D eigenvalue weighted by molar-refractivity contribution is 0.423. The van der Waals surface area contributed by atoms with Crippen LogP contribution in [-0.2, 0) is 25.3 Å². The van der Waals surface area contributed by atoms with Crippen molar-refractivity contribution < 1.29 is 0 Å². The van der Waals surface area contributed by atoms with Crippen LogP contribution in [0.3, 0.4) is 0 Å². The molecule has 1 aromatic carbocycles. The number of aromatic nitrogens is 2. The van der Waals surface area contributed by atoms with E-state index in [0.29, 0.717) is 0 Å². The lowest BCUT2D eigenvalue weighted by Gasteiger charge is -2.33. The van der Waals surface area contributed by atoms with Gasteiger partial charge in [-0.1, -0.05) is 24.3 Å². The fourth-order valence-electron chi connectivity index (χ4n) is 3.31. The zero-order valence-electron chi connectivity index (χ0n) is 11.8. The Hall–Kier alpha value is -2.08. The van der Waals surface area contributed by atoms with Crippen LogP contribution < -0.4 is 0 Å². The molecule has 3 rings (SSSR count). The van der Waals surface area contributed by atoms with Gasteiger partial charge in [0.1, 0.15) is 0 Å². The maximum atomic E-state index is 9.80. The number of hydrogen-bond acceptors (Lipinski definition) is 2. The largest absolute Gasteiger partial charge is 0.276 e. The Balaban J connectivity index is 1.87. The number of aryl methyl sites for hydroxylation is 3. The molecule has 0 fully saturated rings. The first-order chi connectivity index (χ1) is 9.73. The van der Waals surface area contributed by atoms with Crippen LogP contribution in [0.15, 0.2) is 36.7 Å². The zero-order valence-corrected chi connectivity index (χ0v) is 11.8. The lowest BCUT2D eigenvalue weighted by atomic mass is 9.68. The highest BCUT2D eigenvalue weighted by atomic mass is 15.2. The van der Waals surface area contributed by atoms with Crippen LogP contribution in [0.1, 0.15) is 36.0 Å². The molecule has 1 aromatic heterocycles. The van der Waals surface area contributed by atoms with E-state index in [1.807, 2.05) is 24.1 Å². The molecule has 0 aliphatic heterocycles. The maximum absolute atomic E-state index is 9.80. The average molecular weight is 265 g/mol. The van der Waals surface area contributed by atoms with E-state index in [1.54, 1.807) is 0 Å². The molecule has 102 valence electrons. The van der Waals surface area contributed by atoms with Gasteiger partial charge in [-0.05, 0) is 48.8 Å². The first-order valence-electron chi connectivity index (χ1n) is 7.21. The van der Waals surface area contributed by atoms with E-state index in [4.69, 9.17) is 0 Å². The van der Waals surface area contributed by atoms with E-state index in [9.17, 15) is 5.26 Å². The van der Waals surface area contributed by atoms with Crippen molar-refractivity contribution in [2.75, 3.05) is 0 Å². The van der Waals surface area contributed by atoms with E-state index >= 15 is 0 Å². The molecule has 0 amide bonds. The molecule has 0 radical (unpaired) electrons. The number of fused-ring (bicyclic) bond motifs is 1. The van der Waals surface area contributed by atoms with Crippen LogP contribution in [0.5, 0.6) is 0 Å². The minimum atomic E-state index is -0.315. The Kier molecular flexibility index (Phi) is 3.31. The Labute approximate surface area is 119 Å². The third-order valence-corrected chi connectivity index (χ3v) is 4.40. The average Bonchev–Trinajstić information content (AvgIpc) is 2.91. The van der Waals surface area contributed by atoms with Gasteiger partial charge in [0.25, 0.3) is 0 Å². The summed E-state index contributed by atoms with van der Waals surface area (Å²) in [5, 5.41) is 14.0. The van der Waals surface area contributed by atoms with Gasteiger partial charge in [0.05, 0.1) is 17.7 Å². The molecule has 20 heavy (non-hydrogen) atoms. The fraction of sp³-hybridized carbons (Fsp3) is 0.412. The van der Waals surface area contributed by atoms with Gasteiger partial charge >= 0.3 is 0 Å². The van der Waals surface area contributed by atoms with Crippen molar-refractivity contribution in [3.8, 4) is 6.07 Å². The lowest BCUT2D eigenvalue weighted by Crippen LogP contribution is -2.30. The summed E-state index contributed by atoms with van der Waals surface area (Å²) >= 11 is 0. The van der Waals surface area contributed by atoms with Gasteiger partial charge in [0, 0.05) is 13.2 Å². The Bertz CT molecular complexity index is 650. The molecule has 2 aromatic rings. The second-order valence-corrected chi connectivity index (χ2v) is 5.73. The molecule has 1 aliphatic rings. The molecular formula is C17H19N3. The van der Waals surface area contributed by atoms with Crippen LogP contribution in [0.2, 0.25) is 0 Å². The number of rotatable bonds is 3. The van der Waals surface area contributed by atoms with E-state index in [0.717, 1.165) is 32.1 Å². The third-order valence-electron chi connectivity index (χ3n) is 4.40. The summed E-state index contributed by atoms with van der Waals surface area (Å²) in [6.45, 7) is 0. The summed E-state index contributed by atoms with van der Waals surface area (Å²) < 4.78 is 1.82. The highest BCUT2D eigenvalue weighted by Crippen LogP contribution is 2.40. The molecule has 0 saturated heterocycles. The summed E-state index contributed by atoms with van der Waals surface area (Å²) in [7, 11) is 1.93. The Morgan fingerprint density at radius 2 is 2.25 bits per heavy atom. The molecule has 1 unspecified atom stereocenters. The van der Waals surface area contributed by atoms with E-state index < -0.39 is 0 Å². The highest BCUT2D eigenvalue weighted by molar-refractivity contribution is 5.41. The predicted octanol–water partition coefficient (Wildman–Crippen LogP) is 3.15. The van der Waals surface area contributed by atoms with Crippen LogP contribution >= 0.6 is 0 Å². The van der Waals surface area contributed by atoms with Crippen LogP contribution in [0, 0.1) is 11.3 Å². The molecule has 3 heteroatoms. The number of nitrogens with zero attached hydrogens (tertiary/aromatic N) is 3. The molecule has 3 nitrogen and oxygen atoms in total. The Morgan fingerprint density at radius 3 is 3.00 bits per heavy atom. The summed E-state index contributed by atoms with van der Waals surface area (Å²) in [4.78, 5) is 0. The van der Waals surface area contributed by atoms with Gasteiger partial charge in [-0.25, -0.2) is 0 Å². The van der Waals surface area contributed by atoms with Gasteiger partial charge < -0.3 is 0 Å². The van der Waals surface area contributed by atoms with Gasteiger partial charge in [-0.2, -0.15) is 10.4 Å². The number of nitriles is 1. The van der Waals surface area contributed by atoms with Crippen molar-refractivity contribution in [3.05, 3.63) is 53.3 Å². The van der Waals surface area contributed by atoms with Crippen LogP contribution in [-0.4, -0.2) is 9.78 Å². The highest BCUT2D eigenvalue weighted by Gasteiger charge is 2.36. The van der Waals surface area contributed by atoms with E-state index in [-0.39, 0.29) is 5.41 Å². The summed E-state index contributed by atoms with van der Waals surface area (Å²) in [6.07, 6.45) is 8.92. The first-order valence-corrected chi connectivity index (χ1v) is 7.21. The van der Waals surface area contributed by atoms with Gasteiger partial charge in [0.15, 0.2) is 0 Å². The molecule has 0 N–H and O–H groups in total. The predicted molar refractivity (Wildman–Crippen MR) is 78.2 cm³/mol. The Morgan fingerprint density at radius 1 is 1.40 bits per heavy atom. The SMILES string of the molecule is Cn1cc(CCC2(C#N)CCCc3ccccc32)cn1. The smallest absolute Gasteiger partial charge is 0.0828 e. The number of benzene rings is 1. The maximum Gasteiger partial charge on any atom is 0.0828 e. The third kappa shape index (κ3) is 2.22. The minimum Gasteiger partial charge on any atom is -0.276 e. The van der Waals surface area contributed by atoms with Crippen LogP contribution in [0.4, 0.5) is 0 Å². The van der Waals surface area contributed by atoms with Gasteiger partial charge in [-0.15, -0.1) is 0 Å². The van der Waals surface area contributed by atoms with Crippen molar-refractivity contribution in [3.63, 3.8) is 0 Å². The second-order valence-electron chi connectivity index (χ2n) is 5.73. The second kappa shape index (κ2) is 5.13. The molecule has 1 aliphatic carbocycles. The molecule has 0 spiro atoms. The van der Waals surface area contributed by atoms with Crippen molar-refractivity contribution in [2.45, 2.75) is 37.5 Å². The molecular weight excluding hydrogens is 246 g/mol. The van der Waals surface area contributed by atoms with Crippen molar-refractivity contribution >= 4 is 0 Å². The minimum absolute atomic E-state index is 0.315. The molecule has 1 atom stereocenters. The monoisotopic (exact) mass is 265 g/mol. The number of hydrogen-bond donors (Lipinski definition) is 0. The first kappa shape index (κ1) is 12.9. The summed E-state index contributed by atoms with van der Waals surface area (Å²) in [6, 6.07) is 11.1. The molecule has 0 saturated carbocycles. The standard InChI is InChI=1S/C17H19N3/c1-20-12-14(11-19-20)8-10-17(13-18)9-4-6-15-5-2-3-7-16(15)17/h2-3,5,7,11-12H,4,6,8-10H2,1H3. The van der Waals surface area contributed by atoms with Gasteiger partial charge in [-0.3, -0.25) is 4.68 Å². The normalized spacial score (nSPS) is 21.2. The van der Waals surface area contributed by atoms with Gasteiger partial charge in [0.2, 0.25) is 0 Å². The zero-order chi connectivity index (χ0) is 14.0.